The number of sulfonamides is 1. The fraction of sp³-hybridized carbons (Fsp3) is 0.368. The van der Waals surface area contributed by atoms with Gasteiger partial charge in [-0.15, -0.1) is 0 Å². The van der Waals surface area contributed by atoms with Crippen LogP contribution in [0.5, 0.6) is 0 Å². The largest absolute Gasteiger partial charge is 0.265 e. The molecule has 2 aliphatic rings. The molecule has 0 amide bonds. The number of pyridine rings is 1. The standard InChI is InChI=1S/C19H20N4O2S/c1-13-9-19(11-22(12-19)26(2,24)25)18-8-17(21-23(13)18)15-7-14-5-3-4-6-16(14)20-10-15/h3-8,10,13H,9,11-12H2,1-2H3. The van der Waals surface area contributed by atoms with Crippen molar-refractivity contribution in [1.82, 2.24) is 19.1 Å². The van der Waals surface area contributed by atoms with E-state index in [1.165, 1.54) is 6.26 Å². The molecule has 5 rings (SSSR count). The lowest BCUT2D eigenvalue weighted by atomic mass is 9.76. The van der Waals surface area contributed by atoms with Crippen LogP contribution in [0.2, 0.25) is 0 Å². The fourth-order valence-electron chi connectivity index (χ4n) is 4.39. The van der Waals surface area contributed by atoms with Crippen LogP contribution in [-0.4, -0.2) is 46.8 Å². The zero-order chi connectivity index (χ0) is 18.1. The maximum atomic E-state index is 11.8. The molecule has 2 aromatic heterocycles. The third-order valence-corrected chi connectivity index (χ3v) is 6.89. The number of nitrogens with zero attached hydrogens (tertiary/aromatic N) is 4. The lowest BCUT2D eigenvalue weighted by Crippen LogP contribution is -2.59. The highest BCUT2D eigenvalue weighted by Gasteiger charge is 2.54. The van der Waals surface area contributed by atoms with Gasteiger partial charge in [0.2, 0.25) is 10.0 Å². The Kier molecular flexibility index (Phi) is 3.16. The Bertz CT molecular complexity index is 1130. The van der Waals surface area contributed by atoms with Crippen LogP contribution in [0.25, 0.3) is 22.2 Å². The second kappa shape index (κ2) is 5.14. The summed E-state index contributed by atoms with van der Waals surface area (Å²) in [5.74, 6) is 0. The van der Waals surface area contributed by atoms with Crippen molar-refractivity contribution in [2.24, 2.45) is 0 Å². The lowest BCUT2D eigenvalue weighted by Gasteiger charge is -2.46. The first-order valence-electron chi connectivity index (χ1n) is 8.76. The van der Waals surface area contributed by atoms with Crippen molar-refractivity contribution < 1.29 is 8.42 Å². The molecule has 0 aliphatic carbocycles. The summed E-state index contributed by atoms with van der Waals surface area (Å²) < 4.78 is 27.2. The van der Waals surface area contributed by atoms with Gasteiger partial charge in [-0.2, -0.15) is 5.10 Å². The Labute approximate surface area is 152 Å². The molecule has 4 heterocycles. The Balaban J connectivity index is 1.54. The third-order valence-electron chi connectivity index (χ3n) is 5.70. The second-order valence-corrected chi connectivity index (χ2v) is 9.62. The average molecular weight is 368 g/mol. The van der Waals surface area contributed by atoms with Crippen molar-refractivity contribution in [3.8, 4) is 11.3 Å². The summed E-state index contributed by atoms with van der Waals surface area (Å²) in [5.41, 5.74) is 3.91. The van der Waals surface area contributed by atoms with Crippen LogP contribution in [0, 0.1) is 0 Å². The molecule has 1 fully saturated rings. The van der Waals surface area contributed by atoms with E-state index in [-0.39, 0.29) is 11.5 Å². The predicted octanol–water partition coefficient (Wildman–Crippen LogP) is 2.58. The van der Waals surface area contributed by atoms with E-state index in [2.05, 4.69) is 34.8 Å². The van der Waals surface area contributed by atoms with Crippen LogP contribution in [0.15, 0.2) is 42.6 Å². The van der Waals surface area contributed by atoms with Gasteiger partial charge in [-0.05, 0) is 31.5 Å². The summed E-state index contributed by atoms with van der Waals surface area (Å²) >= 11 is 0. The molecule has 7 heteroatoms. The predicted molar refractivity (Wildman–Crippen MR) is 100 cm³/mol. The zero-order valence-electron chi connectivity index (χ0n) is 14.8. The molecule has 1 aromatic carbocycles. The van der Waals surface area contributed by atoms with E-state index in [4.69, 9.17) is 5.10 Å². The number of benzene rings is 1. The Morgan fingerprint density at radius 1 is 1.19 bits per heavy atom. The summed E-state index contributed by atoms with van der Waals surface area (Å²) in [4.78, 5) is 4.54. The van der Waals surface area contributed by atoms with Crippen molar-refractivity contribution in [3.05, 3.63) is 48.3 Å². The molecule has 0 bridgehead atoms. The number of fused-ring (bicyclic) bond motifs is 3. The Morgan fingerprint density at radius 3 is 2.73 bits per heavy atom. The van der Waals surface area contributed by atoms with Gasteiger partial charge in [-0.3, -0.25) is 9.67 Å². The van der Waals surface area contributed by atoms with Crippen molar-refractivity contribution in [2.75, 3.05) is 19.3 Å². The molecule has 1 spiro atoms. The highest BCUT2D eigenvalue weighted by Crippen LogP contribution is 2.48. The van der Waals surface area contributed by atoms with Gasteiger partial charge in [0.05, 0.1) is 23.5 Å². The fourth-order valence-corrected chi connectivity index (χ4v) is 5.35. The minimum absolute atomic E-state index is 0.0992. The number of aromatic nitrogens is 3. The molecular formula is C19H20N4O2S. The van der Waals surface area contributed by atoms with Crippen LogP contribution in [0.1, 0.15) is 25.1 Å². The van der Waals surface area contributed by atoms with E-state index in [0.29, 0.717) is 13.1 Å². The van der Waals surface area contributed by atoms with Crippen molar-refractivity contribution >= 4 is 20.9 Å². The van der Waals surface area contributed by atoms with Crippen molar-refractivity contribution in [1.29, 1.82) is 0 Å². The SMILES string of the molecule is CC1CC2(CN(S(C)(=O)=O)C2)c2cc(-c3cnc4ccccc4c3)nn21. The van der Waals surface area contributed by atoms with Gasteiger partial charge >= 0.3 is 0 Å². The molecule has 6 nitrogen and oxygen atoms in total. The lowest BCUT2D eigenvalue weighted by molar-refractivity contribution is 0.149. The summed E-state index contributed by atoms with van der Waals surface area (Å²) in [7, 11) is -3.13. The average Bonchev–Trinajstić information content (AvgIpc) is 3.11. The molecule has 2 aliphatic heterocycles. The Morgan fingerprint density at radius 2 is 1.96 bits per heavy atom. The minimum Gasteiger partial charge on any atom is -0.265 e. The summed E-state index contributed by atoms with van der Waals surface area (Å²) in [6.45, 7) is 3.26. The van der Waals surface area contributed by atoms with E-state index < -0.39 is 10.0 Å². The normalized spacial score (nSPS) is 21.8. The molecule has 3 aromatic rings. The molecule has 0 radical (unpaired) electrons. The van der Waals surface area contributed by atoms with E-state index in [1.807, 2.05) is 24.4 Å². The van der Waals surface area contributed by atoms with Gasteiger partial charge in [0, 0.05) is 41.3 Å². The van der Waals surface area contributed by atoms with E-state index >= 15 is 0 Å². The van der Waals surface area contributed by atoms with E-state index in [1.54, 1.807) is 4.31 Å². The van der Waals surface area contributed by atoms with Gasteiger partial charge in [0.15, 0.2) is 0 Å². The van der Waals surface area contributed by atoms with E-state index in [9.17, 15) is 8.42 Å². The number of rotatable bonds is 2. The number of para-hydroxylation sites is 1. The molecule has 1 unspecified atom stereocenters. The van der Waals surface area contributed by atoms with Crippen LogP contribution in [-0.2, 0) is 15.4 Å². The summed E-state index contributed by atoms with van der Waals surface area (Å²) in [6.07, 6.45) is 4.08. The number of hydrogen-bond acceptors (Lipinski definition) is 4. The second-order valence-electron chi connectivity index (χ2n) is 7.64. The van der Waals surface area contributed by atoms with E-state index in [0.717, 1.165) is 34.3 Å². The van der Waals surface area contributed by atoms with Gasteiger partial charge in [0.25, 0.3) is 0 Å². The van der Waals surface area contributed by atoms with Crippen LogP contribution in [0.3, 0.4) is 0 Å². The van der Waals surface area contributed by atoms with Gasteiger partial charge in [-0.25, -0.2) is 12.7 Å². The van der Waals surface area contributed by atoms with Crippen molar-refractivity contribution in [2.45, 2.75) is 24.8 Å². The summed E-state index contributed by atoms with van der Waals surface area (Å²) in [5, 5.41) is 5.91. The maximum absolute atomic E-state index is 11.8. The third kappa shape index (κ3) is 2.23. The van der Waals surface area contributed by atoms with Crippen molar-refractivity contribution in [3.63, 3.8) is 0 Å². The summed E-state index contributed by atoms with van der Waals surface area (Å²) in [6, 6.07) is 12.5. The Hall–Kier alpha value is -2.25. The first-order valence-corrected chi connectivity index (χ1v) is 10.6. The van der Waals surface area contributed by atoms with Crippen LogP contribution < -0.4 is 0 Å². The monoisotopic (exact) mass is 368 g/mol. The zero-order valence-corrected chi connectivity index (χ0v) is 15.6. The number of hydrogen-bond donors (Lipinski definition) is 0. The van der Waals surface area contributed by atoms with Crippen LogP contribution in [0.4, 0.5) is 0 Å². The van der Waals surface area contributed by atoms with Gasteiger partial charge in [-0.1, -0.05) is 18.2 Å². The topological polar surface area (TPSA) is 68.1 Å². The van der Waals surface area contributed by atoms with Crippen LogP contribution >= 0.6 is 0 Å². The molecule has 1 atom stereocenters. The molecule has 0 N–H and O–H groups in total. The first kappa shape index (κ1) is 16.0. The maximum Gasteiger partial charge on any atom is 0.211 e. The molecular weight excluding hydrogens is 348 g/mol. The quantitative estimate of drug-likeness (QED) is 0.697. The molecule has 26 heavy (non-hydrogen) atoms. The first-order chi connectivity index (χ1) is 12.4. The highest BCUT2D eigenvalue weighted by molar-refractivity contribution is 7.88. The highest BCUT2D eigenvalue weighted by atomic mass is 32.2. The molecule has 0 saturated carbocycles. The van der Waals surface area contributed by atoms with Gasteiger partial charge < -0.3 is 0 Å². The molecule has 134 valence electrons. The molecule has 1 saturated heterocycles. The smallest absolute Gasteiger partial charge is 0.211 e. The minimum atomic E-state index is -3.13. The van der Waals surface area contributed by atoms with Gasteiger partial charge in [0.1, 0.15) is 0 Å².